The summed E-state index contributed by atoms with van der Waals surface area (Å²) >= 11 is 0. The molecule has 148 valence electrons. The molecule has 1 heterocycles. The molecule has 0 bridgehead atoms. The van der Waals surface area contributed by atoms with Gasteiger partial charge in [-0.2, -0.15) is 0 Å². The maximum absolute atomic E-state index is 12.6. The molecule has 5 nitrogen and oxygen atoms in total. The van der Waals surface area contributed by atoms with Crippen LogP contribution in [0.25, 0.3) is 0 Å². The molecule has 0 saturated heterocycles. The van der Waals surface area contributed by atoms with Gasteiger partial charge in [-0.25, -0.2) is 0 Å². The third-order valence-electron chi connectivity index (χ3n) is 5.15. The van der Waals surface area contributed by atoms with E-state index in [2.05, 4.69) is 12.1 Å². The molecule has 1 atom stereocenters. The highest BCUT2D eigenvalue weighted by molar-refractivity contribution is 5.94. The van der Waals surface area contributed by atoms with Crippen LogP contribution in [0.1, 0.15) is 53.5 Å². The van der Waals surface area contributed by atoms with Crippen molar-refractivity contribution in [2.75, 3.05) is 13.7 Å². The van der Waals surface area contributed by atoms with Crippen molar-refractivity contribution in [3.05, 3.63) is 52.8 Å². The van der Waals surface area contributed by atoms with Crippen molar-refractivity contribution in [2.24, 2.45) is 12.8 Å². The van der Waals surface area contributed by atoms with E-state index in [1.165, 1.54) is 5.56 Å². The van der Waals surface area contributed by atoms with Crippen LogP contribution in [0.2, 0.25) is 0 Å². The predicted molar refractivity (Wildman–Crippen MR) is 108 cm³/mol. The van der Waals surface area contributed by atoms with E-state index in [4.69, 9.17) is 10.5 Å². The van der Waals surface area contributed by atoms with E-state index in [0.29, 0.717) is 12.8 Å². The monoisotopic (exact) mass is 372 g/mol. The maximum Gasteiger partial charge on any atom is 0.179 e. The number of carbonyl (C=O) groups excluding carboxylic acids is 1. The number of aromatic nitrogens is 1. The number of Topliss-reactive ketones (excluding diaryl/α,β-unsaturated/α-hetero) is 1. The van der Waals surface area contributed by atoms with E-state index in [1.807, 2.05) is 43.7 Å². The summed E-state index contributed by atoms with van der Waals surface area (Å²) in [5, 5.41) is 9.28. The third-order valence-corrected chi connectivity index (χ3v) is 5.15. The molecule has 0 aliphatic heterocycles. The Morgan fingerprint density at radius 2 is 2.00 bits per heavy atom. The lowest BCUT2D eigenvalue weighted by molar-refractivity contribution is 0.0972. The minimum absolute atomic E-state index is 0.0476. The first-order chi connectivity index (χ1) is 12.8. The molecule has 1 aromatic heterocycles. The van der Waals surface area contributed by atoms with Gasteiger partial charge >= 0.3 is 0 Å². The largest absolute Gasteiger partial charge is 0.496 e. The van der Waals surface area contributed by atoms with Gasteiger partial charge in [-0.05, 0) is 68.9 Å². The van der Waals surface area contributed by atoms with Crippen molar-refractivity contribution in [2.45, 2.75) is 51.5 Å². The second-order valence-electron chi connectivity index (χ2n) is 7.66. The summed E-state index contributed by atoms with van der Waals surface area (Å²) in [5.74, 6) is 1.05. The number of carbonyl (C=O) groups is 1. The van der Waals surface area contributed by atoms with Gasteiger partial charge < -0.3 is 20.1 Å². The molecule has 0 aliphatic rings. The molecule has 0 aliphatic carbocycles. The zero-order chi connectivity index (χ0) is 20.0. The number of ether oxygens (including phenoxy) is 1. The molecule has 0 amide bonds. The minimum Gasteiger partial charge on any atom is -0.496 e. The van der Waals surface area contributed by atoms with Crippen molar-refractivity contribution in [3.63, 3.8) is 0 Å². The number of aliphatic hydroxyl groups excluding tert-OH is 1. The van der Waals surface area contributed by atoms with E-state index in [9.17, 15) is 9.90 Å². The van der Waals surface area contributed by atoms with Crippen molar-refractivity contribution in [1.29, 1.82) is 0 Å². The molecule has 2 rings (SSSR count). The van der Waals surface area contributed by atoms with E-state index in [0.717, 1.165) is 42.0 Å². The lowest BCUT2D eigenvalue weighted by atomic mass is 9.97. The van der Waals surface area contributed by atoms with E-state index in [1.54, 1.807) is 7.11 Å². The Morgan fingerprint density at radius 1 is 1.26 bits per heavy atom. The average molecular weight is 373 g/mol. The van der Waals surface area contributed by atoms with Crippen LogP contribution in [0.4, 0.5) is 0 Å². The molecule has 27 heavy (non-hydrogen) atoms. The van der Waals surface area contributed by atoms with Gasteiger partial charge in [0, 0.05) is 24.7 Å². The Kier molecular flexibility index (Phi) is 7.22. The normalized spacial score (nSPS) is 13.4. The summed E-state index contributed by atoms with van der Waals surface area (Å²) in [6, 6.07) is 10.0. The Labute approximate surface area is 162 Å². The highest BCUT2D eigenvalue weighted by atomic mass is 16.5. The lowest BCUT2D eigenvalue weighted by Gasteiger charge is -2.21. The van der Waals surface area contributed by atoms with Crippen molar-refractivity contribution >= 4 is 5.78 Å². The molecule has 1 unspecified atom stereocenters. The number of hydrogen-bond acceptors (Lipinski definition) is 4. The van der Waals surface area contributed by atoms with Gasteiger partial charge in [0.2, 0.25) is 0 Å². The predicted octanol–water partition coefficient (Wildman–Crippen LogP) is 3.19. The molecule has 2 aromatic rings. The highest BCUT2D eigenvalue weighted by Crippen LogP contribution is 2.20. The van der Waals surface area contributed by atoms with Gasteiger partial charge in [0.05, 0.1) is 19.4 Å². The number of rotatable bonds is 10. The van der Waals surface area contributed by atoms with Gasteiger partial charge in [0.15, 0.2) is 5.78 Å². The summed E-state index contributed by atoms with van der Waals surface area (Å²) in [5.41, 5.74) is 9.54. The topological polar surface area (TPSA) is 77.5 Å². The number of hydrogen-bond donors (Lipinski definition) is 2. The molecular weight excluding hydrogens is 340 g/mol. The number of nitrogens with two attached hydrogens (primary N) is 1. The number of methoxy groups -OCH3 is 1. The Balaban J connectivity index is 1.90. The van der Waals surface area contributed by atoms with Crippen molar-refractivity contribution in [1.82, 2.24) is 4.57 Å². The summed E-state index contributed by atoms with van der Waals surface area (Å²) in [6.07, 6.45) is 3.62. The summed E-state index contributed by atoms with van der Waals surface area (Å²) in [7, 11) is 3.59. The second kappa shape index (κ2) is 9.20. The number of aliphatic hydroxyl groups is 1. The minimum atomic E-state index is -0.592. The fraction of sp³-hybridized carbons (Fsp3) is 0.500. The standard InChI is InChI=1S/C22H32N2O3/c1-16-14-17(8-11-21(16)27-4)6-5-7-20(26)19-10-9-18(24(19)3)12-13-22(2,23)15-25/h8-11,14,25H,5-7,12-13,15,23H2,1-4H3. The van der Waals surface area contributed by atoms with E-state index >= 15 is 0 Å². The van der Waals surface area contributed by atoms with Crippen LogP contribution in [0.15, 0.2) is 30.3 Å². The van der Waals surface area contributed by atoms with Crippen LogP contribution in [-0.2, 0) is 19.9 Å². The molecule has 0 spiro atoms. The van der Waals surface area contributed by atoms with Gasteiger partial charge in [-0.3, -0.25) is 4.79 Å². The van der Waals surface area contributed by atoms with Crippen molar-refractivity contribution < 1.29 is 14.6 Å². The second-order valence-corrected chi connectivity index (χ2v) is 7.66. The SMILES string of the molecule is COc1ccc(CCCC(=O)c2ccc(CCC(C)(N)CO)n2C)cc1C. The van der Waals surface area contributed by atoms with Crippen LogP contribution >= 0.6 is 0 Å². The van der Waals surface area contributed by atoms with Crippen LogP contribution in [-0.4, -0.2) is 34.7 Å². The zero-order valence-corrected chi connectivity index (χ0v) is 16.9. The molecule has 0 fully saturated rings. The Hall–Kier alpha value is -2.11. The van der Waals surface area contributed by atoms with Crippen LogP contribution in [0.5, 0.6) is 5.75 Å². The Bertz CT molecular complexity index is 778. The molecule has 0 saturated carbocycles. The molecule has 5 heteroatoms. The van der Waals surface area contributed by atoms with Crippen molar-refractivity contribution in [3.8, 4) is 5.75 Å². The van der Waals surface area contributed by atoms with Gasteiger partial charge in [-0.15, -0.1) is 0 Å². The average Bonchev–Trinajstić information content (AvgIpc) is 3.01. The molecular formula is C22H32N2O3. The third kappa shape index (κ3) is 5.68. The smallest absolute Gasteiger partial charge is 0.179 e. The summed E-state index contributed by atoms with van der Waals surface area (Å²) in [6.45, 7) is 3.82. The molecule has 0 radical (unpaired) electrons. The van der Waals surface area contributed by atoms with Crippen LogP contribution < -0.4 is 10.5 Å². The number of ketones is 1. The Morgan fingerprint density at radius 3 is 2.63 bits per heavy atom. The fourth-order valence-electron chi connectivity index (χ4n) is 3.25. The molecule has 1 aromatic carbocycles. The first-order valence-electron chi connectivity index (χ1n) is 9.48. The number of benzene rings is 1. The maximum atomic E-state index is 12.6. The van der Waals surface area contributed by atoms with Gasteiger partial charge in [0.25, 0.3) is 0 Å². The molecule has 3 N–H and O–H groups in total. The fourth-order valence-corrected chi connectivity index (χ4v) is 3.25. The highest BCUT2D eigenvalue weighted by Gasteiger charge is 2.19. The van der Waals surface area contributed by atoms with Crippen LogP contribution in [0, 0.1) is 6.92 Å². The quantitative estimate of drug-likeness (QED) is 0.628. The first-order valence-corrected chi connectivity index (χ1v) is 9.48. The lowest BCUT2D eigenvalue weighted by Crippen LogP contribution is -2.40. The van der Waals surface area contributed by atoms with Crippen LogP contribution in [0.3, 0.4) is 0 Å². The van der Waals surface area contributed by atoms with Gasteiger partial charge in [-0.1, -0.05) is 12.1 Å². The summed E-state index contributed by atoms with van der Waals surface area (Å²) in [4.78, 5) is 12.6. The van der Waals surface area contributed by atoms with E-state index < -0.39 is 5.54 Å². The first kappa shape index (κ1) is 21.2. The number of nitrogens with zero attached hydrogens (tertiary/aromatic N) is 1. The van der Waals surface area contributed by atoms with Gasteiger partial charge in [0.1, 0.15) is 5.75 Å². The number of aryl methyl sites for hydroxylation is 3. The van der Waals surface area contributed by atoms with E-state index in [-0.39, 0.29) is 12.4 Å². The summed E-state index contributed by atoms with van der Waals surface area (Å²) < 4.78 is 7.24. The zero-order valence-electron chi connectivity index (χ0n) is 16.9.